The summed E-state index contributed by atoms with van der Waals surface area (Å²) in [7, 11) is 0. The summed E-state index contributed by atoms with van der Waals surface area (Å²) in [5.74, 6) is 0.594. The second-order valence-corrected chi connectivity index (χ2v) is 9.08. The van der Waals surface area contributed by atoms with E-state index in [-0.39, 0.29) is 18.0 Å². The number of nitrogens with one attached hydrogen (secondary N) is 2. The number of aromatic nitrogens is 3. The number of anilines is 1. The van der Waals surface area contributed by atoms with Crippen LogP contribution in [0.1, 0.15) is 43.4 Å². The number of fused-ring (bicyclic) bond motifs is 1. The number of likely N-dealkylation sites (tertiary alicyclic amines) is 1. The van der Waals surface area contributed by atoms with E-state index >= 15 is 0 Å². The molecule has 0 aliphatic carbocycles. The lowest BCUT2D eigenvalue weighted by molar-refractivity contribution is -0.119. The average Bonchev–Trinajstić information content (AvgIpc) is 3.47. The minimum Gasteiger partial charge on any atom is -0.370 e. The van der Waals surface area contributed by atoms with Gasteiger partial charge in [-0.2, -0.15) is 0 Å². The summed E-state index contributed by atoms with van der Waals surface area (Å²) in [6.07, 6.45) is 4.18. The van der Waals surface area contributed by atoms with Gasteiger partial charge in [-0.25, -0.2) is 9.97 Å². The number of nitrogens with two attached hydrogens (primary N) is 1. The summed E-state index contributed by atoms with van der Waals surface area (Å²) in [4.78, 5) is 26.1. The third-order valence-corrected chi connectivity index (χ3v) is 6.66. The monoisotopic (exact) mass is 454 g/mol. The van der Waals surface area contributed by atoms with Crippen LogP contribution >= 0.6 is 0 Å². The fraction of sp³-hybridized carbons (Fsp3) is 0.296. The van der Waals surface area contributed by atoms with Crippen molar-refractivity contribution >= 4 is 22.8 Å². The van der Waals surface area contributed by atoms with Crippen LogP contribution in [0.15, 0.2) is 67.0 Å². The van der Waals surface area contributed by atoms with Gasteiger partial charge in [-0.15, -0.1) is 0 Å². The predicted octanol–water partition coefficient (Wildman–Crippen LogP) is 4.64. The Morgan fingerprint density at radius 1 is 1.18 bits per heavy atom. The highest BCUT2D eigenvalue weighted by Crippen LogP contribution is 2.29. The van der Waals surface area contributed by atoms with Crippen LogP contribution in [0.3, 0.4) is 0 Å². The van der Waals surface area contributed by atoms with Crippen LogP contribution in [0.2, 0.25) is 0 Å². The topological polar surface area (TPSA) is 99.9 Å². The zero-order valence-electron chi connectivity index (χ0n) is 19.4. The number of hydrogen-bond donors (Lipinski definition) is 3. The smallest absolute Gasteiger partial charge is 0.218 e. The van der Waals surface area contributed by atoms with E-state index in [1.807, 2.05) is 18.2 Å². The van der Waals surface area contributed by atoms with Crippen molar-refractivity contribution in [3.63, 3.8) is 0 Å². The molecule has 4 aromatic rings. The van der Waals surface area contributed by atoms with Crippen molar-refractivity contribution in [3.8, 4) is 11.3 Å². The predicted molar refractivity (Wildman–Crippen MR) is 135 cm³/mol. The molecule has 7 heteroatoms. The Morgan fingerprint density at radius 3 is 2.74 bits per heavy atom. The zero-order valence-corrected chi connectivity index (χ0v) is 19.4. The summed E-state index contributed by atoms with van der Waals surface area (Å²) in [5, 5.41) is 4.49. The molecule has 0 saturated carbocycles. The van der Waals surface area contributed by atoms with Crippen LogP contribution < -0.4 is 11.1 Å². The van der Waals surface area contributed by atoms with E-state index < -0.39 is 0 Å². The van der Waals surface area contributed by atoms with Crippen molar-refractivity contribution in [3.05, 3.63) is 78.1 Å². The molecule has 0 spiro atoms. The third kappa shape index (κ3) is 4.79. The summed E-state index contributed by atoms with van der Waals surface area (Å²) in [6.45, 7) is 3.98. The van der Waals surface area contributed by atoms with Crippen molar-refractivity contribution in [2.24, 2.45) is 5.73 Å². The number of amides is 1. The van der Waals surface area contributed by atoms with Crippen LogP contribution in [-0.2, 0) is 11.3 Å². The molecule has 3 heterocycles. The first-order chi connectivity index (χ1) is 16.6. The molecule has 34 heavy (non-hydrogen) atoms. The molecule has 2 aromatic carbocycles. The summed E-state index contributed by atoms with van der Waals surface area (Å²) < 4.78 is 0. The number of primary amides is 1. The van der Waals surface area contributed by atoms with E-state index in [2.05, 4.69) is 74.6 Å². The van der Waals surface area contributed by atoms with Crippen LogP contribution in [-0.4, -0.2) is 38.3 Å². The number of nitrogens with zero attached hydrogens (tertiary/aromatic N) is 3. The molecular weight excluding hydrogens is 424 g/mol. The minimum absolute atomic E-state index is 0.126. The van der Waals surface area contributed by atoms with Gasteiger partial charge in [0.2, 0.25) is 5.91 Å². The van der Waals surface area contributed by atoms with Gasteiger partial charge in [-0.05, 0) is 49.1 Å². The minimum atomic E-state index is -0.221. The van der Waals surface area contributed by atoms with Crippen LogP contribution in [0.25, 0.3) is 22.3 Å². The van der Waals surface area contributed by atoms with Gasteiger partial charge < -0.3 is 16.0 Å². The molecule has 2 aromatic heterocycles. The number of hydrogen-bond acceptors (Lipinski definition) is 5. The first kappa shape index (κ1) is 22.1. The molecule has 5 rings (SSSR count). The second-order valence-electron chi connectivity index (χ2n) is 9.08. The SMILES string of the molecule is C[C@@H](Nc1ncnc2[nH]c(-c3ccc(CN4CCCC4CC(N)=O)cc3)cc12)c1ccccc1. The highest BCUT2D eigenvalue weighted by atomic mass is 16.1. The van der Waals surface area contributed by atoms with E-state index in [1.54, 1.807) is 6.33 Å². The van der Waals surface area contributed by atoms with Gasteiger partial charge in [-0.3, -0.25) is 9.69 Å². The molecule has 4 N–H and O–H groups in total. The number of rotatable bonds is 8. The number of aromatic amines is 1. The molecule has 7 nitrogen and oxygen atoms in total. The lowest BCUT2D eigenvalue weighted by Crippen LogP contribution is -2.32. The number of carbonyl (C=O) groups excluding carboxylic acids is 1. The second kappa shape index (κ2) is 9.65. The van der Waals surface area contributed by atoms with Gasteiger partial charge in [0.15, 0.2) is 0 Å². The lowest BCUT2D eigenvalue weighted by Gasteiger charge is -2.23. The van der Waals surface area contributed by atoms with Crippen molar-refractivity contribution in [2.45, 2.75) is 44.8 Å². The van der Waals surface area contributed by atoms with Crippen molar-refractivity contribution in [1.29, 1.82) is 0 Å². The molecule has 0 radical (unpaired) electrons. The highest BCUT2D eigenvalue weighted by molar-refractivity contribution is 5.91. The van der Waals surface area contributed by atoms with Gasteiger partial charge in [0.1, 0.15) is 17.8 Å². The van der Waals surface area contributed by atoms with Crippen LogP contribution in [0.5, 0.6) is 0 Å². The zero-order chi connectivity index (χ0) is 23.5. The maximum absolute atomic E-state index is 11.4. The fourth-order valence-corrected chi connectivity index (χ4v) is 4.83. The highest BCUT2D eigenvalue weighted by Gasteiger charge is 2.25. The Balaban J connectivity index is 1.32. The molecule has 1 fully saturated rings. The first-order valence-corrected chi connectivity index (χ1v) is 11.8. The quantitative estimate of drug-likeness (QED) is 0.360. The molecule has 0 bridgehead atoms. The Labute approximate surface area is 199 Å². The average molecular weight is 455 g/mol. The van der Waals surface area contributed by atoms with E-state index in [0.29, 0.717) is 6.42 Å². The number of H-pyrrole nitrogens is 1. The molecule has 1 unspecified atom stereocenters. The normalized spacial score (nSPS) is 17.1. The summed E-state index contributed by atoms with van der Waals surface area (Å²) in [6, 6.07) is 21.4. The molecule has 2 atom stereocenters. The van der Waals surface area contributed by atoms with Crippen LogP contribution in [0.4, 0.5) is 5.82 Å². The van der Waals surface area contributed by atoms with Crippen LogP contribution in [0, 0.1) is 0 Å². The maximum atomic E-state index is 11.4. The molecule has 1 aliphatic heterocycles. The lowest BCUT2D eigenvalue weighted by atomic mass is 10.1. The van der Waals surface area contributed by atoms with E-state index in [1.165, 1.54) is 11.1 Å². The molecule has 1 amide bonds. The van der Waals surface area contributed by atoms with E-state index in [0.717, 1.165) is 54.0 Å². The summed E-state index contributed by atoms with van der Waals surface area (Å²) in [5.41, 5.74) is 10.8. The molecule has 1 aliphatic rings. The van der Waals surface area contributed by atoms with Gasteiger partial charge in [0, 0.05) is 30.7 Å². The maximum Gasteiger partial charge on any atom is 0.218 e. The standard InChI is InChI=1S/C27H30N6O/c1-18(20-6-3-2-4-7-20)31-26-23-15-24(32-27(23)30-17-29-26)21-11-9-19(10-12-21)16-33-13-5-8-22(33)14-25(28)34/h2-4,6-7,9-12,15,17-18,22H,5,8,13-14,16H2,1H3,(H2,28,34)(H2,29,30,31,32)/t18-,22?/m1/s1. The largest absolute Gasteiger partial charge is 0.370 e. The Hall–Kier alpha value is -3.71. The first-order valence-electron chi connectivity index (χ1n) is 11.8. The Bertz CT molecular complexity index is 1270. The Morgan fingerprint density at radius 2 is 1.97 bits per heavy atom. The van der Waals surface area contributed by atoms with E-state index in [4.69, 9.17) is 5.73 Å². The van der Waals surface area contributed by atoms with Gasteiger partial charge in [0.05, 0.1) is 5.39 Å². The number of carbonyl (C=O) groups is 1. The van der Waals surface area contributed by atoms with Crippen molar-refractivity contribution in [1.82, 2.24) is 19.9 Å². The molecule has 1 saturated heterocycles. The third-order valence-electron chi connectivity index (χ3n) is 6.66. The Kier molecular flexibility index (Phi) is 6.27. The van der Waals surface area contributed by atoms with Gasteiger partial charge >= 0.3 is 0 Å². The van der Waals surface area contributed by atoms with E-state index in [9.17, 15) is 4.79 Å². The van der Waals surface area contributed by atoms with Crippen molar-refractivity contribution < 1.29 is 4.79 Å². The molecular formula is C27H30N6O. The van der Waals surface area contributed by atoms with Gasteiger partial charge in [-0.1, -0.05) is 54.6 Å². The fourth-order valence-electron chi connectivity index (χ4n) is 4.83. The number of benzene rings is 2. The van der Waals surface area contributed by atoms with Crippen molar-refractivity contribution in [2.75, 3.05) is 11.9 Å². The van der Waals surface area contributed by atoms with Gasteiger partial charge in [0.25, 0.3) is 0 Å². The molecule has 174 valence electrons. The summed E-state index contributed by atoms with van der Waals surface area (Å²) >= 11 is 0.